The number of hydrogen-bond acceptors (Lipinski definition) is 3. The Labute approximate surface area is 339 Å². The molecule has 0 aliphatic rings. The van der Waals surface area contributed by atoms with Gasteiger partial charge in [-0.15, -0.1) is 23.8 Å². The third-order valence-corrected chi connectivity index (χ3v) is 16.7. The van der Waals surface area contributed by atoms with Crippen LogP contribution >= 0.6 is 11.3 Å². The maximum Gasteiger partial charge on any atom is 0.0775 e. The van der Waals surface area contributed by atoms with Gasteiger partial charge in [-0.1, -0.05) is 92.1 Å². The van der Waals surface area contributed by atoms with Crippen molar-refractivity contribution in [3.8, 4) is 33.6 Å². The molecule has 2 nitrogen and oxygen atoms in total. The van der Waals surface area contributed by atoms with Gasteiger partial charge in [-0.05, 0) is 51.3 Å². The van der Waals surface area contributed by atoms with Crippen molar-refractivity contribution in [1.82, 2.24) is 9.97 Å². The van der Waals surface area contributed by atoms with Gasteiger partial charge in [0.25, 0.3) is 0 Å². The number of benzene rings is 4. The first kappa shape index (κ1) is 33.4. The zero-order valence-corrected chi connectivity index (χ0v) is 37.8. The summed E-state index contributed by atoms with van der Waals surface area (Å²) >= 11 is -0.127. The average Bonchev–Trinajstić information content (AvgIpc) is 3.52. The van der Waals surface area contributed by atoms with Crippen molar-refractivity contribution in [1.29, 1.82) is 0 Å². The van der Waals surface area contributed by atoms with Crippen molar-refractivity contribution in [3.05, 3.63) is 132 Å². The van der Waals surface area contributed by atoms with E-state index in [4.69, 9.17) is 6.85 Å². The second-order valence-corrected chi connectivity index (χ2v) is 32.3. The summed E-state index contributed by atoms with van der Waals surface area (Å²) in [6.45, 7) is 11.0. The molecule has 0 saturated carbocycles. The van der Waals surface area contributed by atoms with Crippen molar-refractivity contribution in [2.24, 2.45) is 5.92 Å². The second kappa shape index (κ2) is 16.4. The van der Waals surface area contributed by atoms with Crippen LogP contribution in [0.15, 0.2) is 103 Å². The Bertz CT molecular complexity index is 2500. The van der Waals surface area contributed by atoms with Gasteiger partial charge in [0.2, 0.25) is 0 Å². The Morgan fingerprint density at radius 1 is 0.846 bits per heavy atom. The van der Waals surface area contributed by atoms with Gasteiger partial charge in [-0.25, -0.2) is 0 Å². The van der Waals surface area contributed by atoms with Gasteiger partial charge in [0.1, 0.15) is 0 Å². The molecule has 6 heteroatoms. The van der Waals surface area contributed by atoms with Crippen LogP contribution in [0.25, 0.3) is 53.8 Å². The molecule has 7 aromatic rings. The summed E-state index contributed by atoms with van der Waals surface area (Å²) in [5, 5.41) is 3.90. The second-order valence-electron chi connectivity index (χ2n) is 15.6. The summed E-state index contributed by atoms with van der Waals surface area (Å²) in [5.74, 6) is 6.92. The molecule has 0 atom stereocenters. The fourth-order valence-corrected chi connectivity index (χ4v) is 12.3. The van der Waals surface area contributed by atoms with E-state index in [1.807, 2.05) is 32.2 Å². The first-order chi connectivity index (χ1) is 26.1. The molecule has 4 aromatic carbocycles. The predicted molar refractivity (Wildman–Crippen MR) is 229 cm³/mol. The molecule has 0 aliphatic carbocycles. The van der Waals surface area contributed by atoms with Crippen molar-refractivity contribution in [3.63, 3.8) is 0 Å². The Hall–Kier alpha value is -3.19. The van der Waals surface area contributed by atoms with E-state index in [1.165, 1.54) is 47.8 Å². The Morgan fingerprint density at radius 2 is 1.60 bits per heavy atom. The van der Waals surface area contributed by atoms with Crippen LogP contribution in [-0.4, -0.2) is 31.3 Å². The number of pyridine rings is 2. The molecule has 0 unspecified atom stereocenters. The van der Waals surface area contributed by atoms with Gasteiger partial charge in [0.05, 0.1) is 8.07 Å². The van der Waals surface area contributed by atoms with Crippen molar-refractivity contribution < 1.29 is 27.0 Å². The molecule has 0 spiro atoms. The van der Waals surface area contributed by atoms with Crippen LogP contribution in [0.5, 0.6) is 0 Å². The Morgan fingerprint density at radius 3 is 2.23 bits per heavy atom. The number of nitrogens with zero attached hydrogens (tertiary/aromatic N) is 2. The van der Waals surface area contributed by atoms with Crippen molar-refractivity contribution in [2.45, 2.75) is 70.9 Å². The smallest absolute Gasteiger partial charge is 0.0775 e. The molecular weight excluding hydrogens is 905 g/mol. The maximum atomic E-state index is 8.52. The number of fused-ring (bicyclic) bond motifs is 3. The van der Waals surface area contributed by atoms with Gasteiger partial charge in [-0.2, -0.15) is 11.3 Å². The SMILES string of the molecule is [2H]C([2H])([2H])c1c[c-]c(-c2cc(C)[c]([Ge]([CH3])([CH3])[CH3])cn2)cc1.[2H]C([2H])(c1ccnc(-c2[c-]ccc3c2sc2cc(-c4ccc([Si](C)(C)C)cc4)ccc23)c1)C(C)C.[Ir]. The fourth-order valence-electron chi connectivity index (χ4n) is 6.34. The van der Waals surface area contributed by atoms with Crippen LogP contribution in [0.4, 0.5) is 0 Å². The third-order valence-electron chi connectivity index (χ3n) is 9.00. The minimum Gasteiger partial charge on any atom is -0.305 e. The fraction of sp³-hybridized carbons (Fsp3) is 0.261. The third kappa shape index (κ3) is 9.29. The van der Waals surface area contributed by atoms with Gasteiger partial charge in [-0.3, -0.25) is 0 Å². The van der Waals surface area contributed by atoms with Crippen LogP contribution in [0.2, 0.25) is 36.9 Å². The summed E-state index contributed by atoms with van der Waals surface area (Å²) in [6.07, 6.45) is 2.29. The van der Waals surface area contributed by atoms with Gasteiger partial charge in [0.15, 0.2) is 0 Å². The van der Waals surface area contributed by atoms with Gasteiger partial charge >= 0.3 is 117 Å². The molecule has 52 heavy (non-hydrogen) atoms. The summed E-state index contributed by atoms with van der Waals surface area (Å²) in [4.78, 5) is 9.15. The molecule has 269 valence electrons. The molecule has 0 bridgehead atoms. The molecule has 0 aliphatic heterocycles. The van der Waals surface area contributed by atoms with E-state index in [-0.39, 0.29) is 26.0 Å². The number of aromatic nitrogens is 2. The van der Waals surface area contributed by atoms with Gasteiger partial charge < -0.3 is 4.98 Å². The maximum absolute atomic E-state index is 8.52. The molecule has 0 amide bonds. The molecule has 0 fully saturated rings. The molecule has 3 heterocycles. The number of hydrogen-bond donors (Lipinski definition) is 0. The molecule has 1 radical (unpaired) electrons. The Kier molecular flexibility index (Phi) is 10.6. The summed E-state index contributed by atoms with van der Waals surface area (Å²) in [7, 11) is -1.31. The van der Waals surface area contributed by atoms with E-state index in [0.29, 0.717) is 11.1 Å². The van der Waals surface area contributed by atoms with Crippen LogP contribution < -0.4 is 9.58 Å². The van der Waals surface area contributed by atoms with E-state index in [2.05, 4.69) is 121 Å². The first-order valence-corrected chi connectivity index (χ1v) is 29.2. The van der Waals surface area contributed by atoms with Crippen LogP contribution in [0.1, 0.15) is 37.4 Å². The van der Waals surface area contributed by atoms with Crippen molar-refractivity contribution >= 4 is 62.4 Å². The predicted octanol–water partition coefficient (Wildman–Crippen LogP) is 12.0. The largest absolute Gasteiger partial charge is 0.305 e. The molecule has 7 rings (SSSR count). The summed E-state index contributed by atoms with van der Waals surface area (Å²) < 4.78 is 43.0. The van der Waals surface area contributed by atoms with Crippen LogP contribution in [-0.2, 0) is 26.5 Å². The Balaban J connectivity index is 0.000000242. The molecule has 0 N–H and O–H groups in total. The average molecular weight is 961 g/mol. The monoisotopic (exact) mass is 962 g/mol. The molecular formula is C46H50GeIrN2SSi-2. The van der Waals surface area contributed by atoms with Crippen LogP contribution in [0.3, 0.4) is 0 Å². The van der Waals surface area contributed by atoms with Crippen LogP contribution in [0, 0.1) is 31.8 Å². The number of rotatable bonds is 7. The van der Waals surface area contributed by atoms with Gasteiger partial charge in [0, 0.05) is 33.7 Å². The van der Waals surface area contributed by atoms with E-state index in [9.17, 15) is 0 Å². The topological polar surface area (TPSA) is 25.8 Å². The van der Waals surface area contributed by atoms with Crippen molar-refractivity contribution in [2.75, 3.05) is 0 Å². The first-order valence-electron chi connectivity index (χ1n) is 20.1. The number of thiophene rings is 1. The zero-order valence-electron chi connectivity index (χ0n) is 36.5. The minimum atomic E-state index is -2.08. The molecule has 0 saturated heterocycles. The quantitative estimate of drug-likeness (QED) is 0.118. The summed E-state index contributed by atoms with van der Waals surface area (Å²) in [5.41, 5.74) is 8.08. The van der Waals surface area contributed by atoms with E-state index >= 15 is 0 Å². The normalized spacial score (nSPS) is 13.7. The van der Waals surface area contributed by atoms with E-state index in [0.717, 1.165) is 27.2 Å². The standard InChI is InChI=1S/C30H30NSSi.C16H20GeN.Ir/c1-20(2)17-21-15-16-31-28(18-21)27-8-6-7-26-25-14-11-23(19-29(25)32-30(26)27)22-9-12-24(13-10-22)33(3,4)5;1-12-6-8-14(9-7-12)16-10-13(2)15(11-18-16)17(3,4)5;/h6-7,9-16,18-20H,17H2,1-5H3;6-8,10-11H,1-5H3;/q2*-1;/i17D2;1D3;. The molecule has 3 aromatic heterocycles. The summed E-state index contributed by atoms with van der Waals surface area (Å²) in [6, 6.07) is 37.0. The van der Waals surface area contributed by atoms with E-state index < -0.39 is 34.6 Å². The zero-order chi connectivity index (χ0) is 40.8. The van der Waals surface area contributed by atoms with E-state index in [1.54, 1.807) is 35.7 Å². The number of aryl methyl sites for hydroxylation is 2. The minimum absolute atomic E-state index is 0.